The molecule has 1 unspecified atom stereocenters. The van der Waals surface area contributed by atoms with Crippen LogP contribution >= 0.6 is 0 Å². The standard InChI is InChI=1S/C12H22N2O2/c1-3-6-12(7-4-8-13-12)11(16)14(2)9-5-10-15/h3,13,15H,1,4-10H2,2H3. The van der Waals surface area contributed by atoms with Gasteiger partial charge in [-0.2, -0.15) is 0 Å². The van der Waals surface area contributed by atoms with Crippen LogP contribution in [0.1, 0.15) is 25.7 Å². The Balaban J connectivity index is 2.63. The highest BCUT2D eigenvalue weighted by Crippen LogP contribution is 2.25. The average Bonchev–Trinajstić information content (AvgIpc) is 2.75. The van der Waals surface area contributed by atoms with Crippen LogP contribution in [0.25, 0.3) is 0 Å². The Labute approximate surface area is 97.3 Å². The second-order valence-corrected chi connectivity index (χ2v) is 4.41. The number of likely N-dealkylation sites (N-methyl/N-ethyl adjacent to an activating group) is 1. The Morgan fingerprint density at radius 2 is 2.44 bits per heavy atom. The first-order valence-electron chi connectivity index (χ1n) is 5.88. The molecule has 1 atom stereocenters. The molecule has 0 aromatic rings. The van der Waals surface area contributed by atoms with E-state index >= 15 is 0 Å². The van der Waals surface area contributed by atoms with Crippen LogP contribution in [0.5, 0.6) is 0 Å². The molecular weight excluding hydrogens is 204 g/mol. The molecule has 0 radical (unpaired) electrons. The lowest BCUT2D eigenvalue weighted by Gasteiger charge is -2.31. The Bertz CT molecular complexity index is 247. The molecule has 92 valence electrons. The molecule has 1 fully saturated rings. The number of amides is 1. The fraction of sp³-hybridized carbons (Fsp3) is 0.750. The highest BCUT2D eigenvalue weighted by atomic mass is 16.3. The van der Waals surface area contributed by atoms with E-state index in [4.69, 9.17) is 5.11 Å². The summed E-state index contributed by atoms with van der Waals surface area (Å²) in [6.07, 6.45) is 5.02. The van der Waals surface area contributed by atoms with Crippen molar-refractivity contribution < 1.29 is 9.90 Å². The van der Waals surface area contributed by atoms with Gasteiger partial charge in [0.25, 0.3) is 0 Å². The number of carbonyl (C=O) groups is 1. The number of rotatable bonds is 6. The van der Waals surface area contributed by atoms with Crippen molar-refractivity contribution >= 4 is 5.91 Å². The Kier molecular flexibility index (Phi) is 4.96. The second-order valence-electron chi connectivity index (χ2n) is 4.41. The Morgan fingerprint density at radius 1 is 1.69 bits per heavy atom. The molecule has 0 aromatic carbocycles. The Hall–Kier alpha value is -0.870. The maximum atomic E-state index is 12.3. The first-order chi connectivity index (χ1) is 7.66. The van der Waals surface area contributed by atoms with Crippen molar-refractivity contribution in [3.63, 3.8) is 0 Å². The quantitative estimate of drug-likeness (QED) is 0.649. The van der Waals surface area contributed by atoms with Gasteiger partial charge in [-0.1, -0.05) is 6.08 Å². The molecular formula is C12H22N2O2. The maximum absolute atomic E-state index is 12.3. The van der Waals surface area contributed by atoms with Gasteiger partial charge in [0.15, 0.2) is 0 Å². The summed E-state index contributed by atoms with van der Waals surface area (Å²) in [7, 11) is 1.79. The van der Waals surface area contributed by atoms with Crippen molar-refractivity contribution in [2.75, 3.05) is 26.7 Å². The van der Waals surface area contributed by atoms with E-state index < -0.39 is 5.54 Å². The van der Waals surface area contributed by atoms with Gasteiger partial charge in [0.2, 0.25) is 5.91 Å². The fourth-order valence-corrected chi connectivity index (χ4v) is 2.27. The Morgan fingerprint density at radius 3 is 2.94 bits per heavy atom. The molecule has 1 rings (SSSR count). The molecule has 0 bridgehead atoms. The number of hydrogen-bond donors (Lipinski definition) is 2. The third-order valence-corrected chi connectivity index (χ3v) is 3.14. The minimum absolute atomic E-state index is 0.123. The van der Waals surface area contributed by atoms with Gasteiger partial charge in [0.1, 0.15) is 5.54 Å². The van der Waals surface area contributed by atoms with Crippen molar-refractivity contribution in [3.05, 3.63) is 12.7 Å². The number of nitrogens with one attached hydrogen (secondary N) is 1. The minimum Gasteiger partial charge on any atom is -0.396 e. The predicted molar refractivity (Wildman–Crippen MR) is 64.1 cm³/mol. The highest BCUT2D eigenvalue weighted by Gasteiger charge is 2.41. The van der Waals surface area contributed by atoms with Gasteiger partial charge < -0.3 is 15.3 Å². The molecule has 1 aliphatic heterocycles. The molecule has 1 amide bonds. The van der Waals surface area contributed by atoms with Crippen LogP contribution in [-0.4, -0.2) is 48.2 Å². The van der Waals surface area contributed by atoms with E-state index in [1.54, 1.807) is 18.0 Å². The topological polar surface area (TPSA) is 52.6 Å². The van der Waals surface area contributed by atoms with E-state index in [0.29, 0.717) is 19.4 Å². The molecule has 1 heterocycles. The monoisotopic (exact) mass is 226 g/mol. The van der Waals surface area contributed by atoms with Crippen molar-refractivity contribution in [1.29, 1.82) is 0 Å². The zero-order valence-corrected chi connectivity index (χ0v) is 10.0. The SMILES string of the molecule is C=CCC1(C(=O)N(C)CCCO)CCCN1. The lowest BCUT2D eigenvalue weighted by Crippen LogP contribution is -2.53. The summed E-state index contributed by atoms with van der Waals surface area (Å²) in [5, 5.41) is 12.1. The van der Waals surface area contributed by atoms with Crippen molar-refractivity contribution in [2.45, 2.75) is 31.2 Å². The van der Waals surface area contributed by atoms with Crippen LogP contribution in [-0.2, 0) is 4.79 Å². The summed E-state index contributed by atoms with van der Waals surface area (Å²) >= 11 is 0. The van der Waals surface area contributed by atoms with E-state index in [-0.39, 0.29) is 12.5 Å². The summed E-state index contributed by atoms with van der Waals surface area (Å²) in [4.78, 5) is 14.0. The van der Waals surface area contributed by atoms with E-state index in [1.165, 1.54) is 0 Å². The molecule has 0 aromatic heterocycles. The molecule has 1 aliphatic rings. The highest BCUT2D eigenvalue weighted by molar-refractivity contribution is 5.86. The molecule has 1 saturated heterocycles. The summed E-state index contributed by atoms with van der Waals surface area (Å²) in [6, 6.07) is 0. The third-order valence-electron chi connectivity index (χ3n) is 3.14. The van der Waals surface area contributed by atoms with Crippen molar-refractivity contribution in [1.82, 2.24) is 10.2 Å². The second kappa shape index (κ2) is 6.01. The minimum atomic E-state index is -0.439. The van der Waals surface area contributed by atoms with Gasteiger partial charge in [-0.05, 0) is 32.2 Å². The van der Waals surface area contributed by atoms with Gasteiger partial charge in [0.05, 0.1) is 0 Å². The maximum Gasteiger partial charge on any atom is 0.242 e. The summed E-state index contributed by atoms with van der Waals surface area (Å²) < 4.78 is 0. The summed E-state index contributed by atoms with van der Waals surface area (Å²) in [6.45, 7) is 5.35. The van der Waals surface area contributed by atoms with Gasteiger partial charge in [-0.3, -0.25) is 4.79 Å². The molecule has 16 heavy (non-hydrogen) atoms. The molecule has 2 N–H and O–H groups in total. The number of aliphatic hydroxyl groups is 1. The van der Waals surface area contributed by atoms with E-state index in [9.17, 15) is 4.79 Å². The van der Waals surface area contributed by atoms with E-state index in [2.05, 4.69) is 11.9 Å². The number of nitrogens with zero attached hydrogens (tertiary/aromatic N) is 1. The van der Waals surface area contributed by atoms with E-state index in [0.717, 1.165) is 19.4 Å². The van der Waals surface area contributed by atoms with Crippen LogP contribution in [0.2, 0.25) is 0 Å². The molecule has 4 nitrogen and oxygen atoms in total. The molecule has 0 spiro atoms. The van der Waals surface area contributed by atoms with E-state index in [1.807, 2.05) is 0 Å². The van der Waals surface area contributed by atoms with Crippen LogP contribution in [0.4, 0.5) is 0 Å². The van der Waals surface area contributed by atoms with Crippen LogP contribution < -0.4 is 5.32 Å². The van der Waals surface area contributed by atoms with Gasteiger partial charge >= 0.3 is 0 Å². The summed E-state index contributed by atoms with van der Waals surface area (Å²) in [5.74, 6) is 0.123. The van der Waals surface area contributed by atoms with Crippen molar-refractivity contribution in [3.8, 4) is 0 Å². The van der Waals surface area contributed by atoms with Crippen LogP contribution in [0.15, 0.2) is 12.7 Å². The van der Waals surface area contributed by atoms with Crippen LogP contribution in [0, 0.1) is 0 Å². The largest absolute Gasteiger partial charge is 0.396 e. The normalized spacial score (nSPS) is 24.4. The van der Waals surface area contributed by atoms with Crippen molar-refractivity contribution in [2.24, 2.45) is 0 Å². The average molecular weight is 226 g/mol. The fourth-order valence-electron chi connectivity index (χ4n) is 2.27. The predicted octanol–water partition coefficient (Wildman–Crippen LogP) is 0.525. The van der Waals surface area contributed by atoms with Gasteiger partial charge in [0, 0.05) is 20.2 Å². The van der Waals surface area contributed by atoms with Gasteiger partial charge in [-0.25, -0.2) is 0 Å². The smallest absolute Gasteiger partial charge is 0.242 e. The lowest BCUT2D eigenvalue weighted by atomic mass is 9.91. The lowest BCUT2D eigenvalue weighted by molar-refractivity contribution is -0.136. The number of aliphatic hydroxyl groups excluding tert-OH is 1. The zero-order chi connectivity index (χ0) is 12.0. The third kappa shape index (κ3) is 2.83. The molecule has 0 aliphatic carbocycles. The van der Waals surface area contributed by atoms with Crippen LogP contribution in [0.3, 0.4) is 0 Å². The first-order valence-corrected chi connectivity index (χ1v) is 5.88. The summed E-state index contributed by atoms with van der Waals surface area (Å²) in [5.41, 5.74) is -0.439. The zero-order valence-electron chi connectivity index (χ0n) is 10.0. The molecule has 0 saturated carbocycles. The molecule has 4 heteroatoms. The number of carbonyl (C=O) groups excluding carboxylic acids is 1. The number of hydrogen-bond acceptors (Lipinski definition) is 3. The first kappa shape index (κ1) is 13.2. The van der Waals surface area contributed by atoms with Gasteiger partial charge in [-0.15, -0.1) is 6.58 Å².